The smallest absolute Gasteiger partial charge is 0.0624 e. The molecule has 0 radical (unpaired) electrons. The predicted octanol–water partition coefficient (Wildman–Crippen LogP) is 4.00. The molecule has 0 aliphatic heterocycles. The highest BCUT2D eigenvalue weighted by Crippen LogP contribution is 2.44. The van der Waals surface area contributed by atoms with E-state index in [0.29, 0.717) is 11.3 Å². The molecule has 0 amide bonds. The molecule has 1 atom stereocenters. The van der Waals surface area contributed by atoms with Crippen molar-refractivity contribution in [3.05, 3.63) is 35.4 Å². The molecule has 1 unspecified atom stereocenters. The molecule has 0 bridgehead atoms. The van der Waals surface area contributed by atoms with Crippen LogP contribution in [0.3, 0.4) is 0 Å². The number of nitrogens with two attached hydrogens (primary N) is 1. The Labute approximate surface area is 123 Å². The third-order valence-corrected chi connectivity index (χ3v) is 4.98. The van der Waals surface area contributed by atoms with Crippen LogP contribution in [0.2, 0.25) is 0 Å². The zero-order chi connectivity index (χ0) is 14.8. The molecule has 1 aliphatic carbocycles. The lowest BCUT2D eigenvalue weighted by molar-refractivity contribution is 0.168. The number of hydrogen-bond donors (Lipinski definition) is 2. The summed E-state index contributed by atoms with van der Waals surface area (Å²) in [4.78, 5) is 0. The van der Waals surface area contributed by atoms with Crippen LogP contribution >= 0.6 is 0 Å². The van der Waals surface area contributed by atoms with E-state index < -0.39 is 0 Å². The van der Waals surface area contributed by atoms with E-state index >= 15 is 0 Å². The third-order valence-electron chi connectivity index (χ3n) is 4.98. The highest BCUT2D eigenvalue weighted by Gasteiger charge is 2.31. The van der Waals surface area contributed by atoms with Crippen molar-refractivity contribution in [2.24, 2.45) is 17.1 Å². The summed E-state index contributed by atoms with van der Waals surface area (Å²) in [5, 5.41) is 9.33. The molecule has 1 aliphatic rings. The Kier molecular flexibility index (Phi) is 4.87. The van der Waals surface area contributed by atoms with Crippen LogP contribution in [-0.2, 0) is 0 Å². The van der Waals surface area contributed by atoms with Gasteiger partial charge < -0.3 is 10.8 Å². The average Bonchev–Trinajstić information content (AvgIpc) is 2.45. The molecule has 2 rings (SSSR count). The molecule has 1 saturated carbocycles. The number of benzene rings is 1. The van der Waals surface area contributed by atoms with Crippen LogP contribution in [0.25, 0.3) is 0 Å². The van der Waals surface area contributed by atoms with Crippen LogP contribution in [0, 0.1) is 11.3 Å². The van der Waals surface area contributed by atoms with Gasteiger partial charge in [-0.2, -0.15) is 0 Å². The van der Waals surface area contributed by atoms with Gasteiger partial charge in [-0.15, -0.1) is 0 Å². The number of hydrogen-bond acceptors (Lipinski definition) is 2. The quantitative estimate of drug-likeness (QED) is 0.876. The highest BCUT2D eigenvalue weighted by atomic mass is 16.3. The van der Waals surface area contributed by atoms with Crippen LogP contribution in [0.5, 0.6) is 0 Å². The summed E-state index contributed by atoms with van der Waals surface area (Å²) in [6.45, 7) is 7.09. The minimum Gasteiger partial charge on any atom is -0.394 e. The maximum Gasteiger partial charge on any atom is 0.0624 e. The third kappa shape index (κ3) is 3.42. The fourth-order valence-corrected chi connectivity index (χ4v) is 3.59. The van der Waals surface area contributed by atoms with E-state index in [4.69, 9.17) is 5.73 Å². The van der Waals surface area contributed by atoms with Crippen molar-refractivity contribution in [2.45, 2.75) is 58.4 Å². The summed E-state index contributed by atoms with van der Waals surface area (Å²) in [5.74, 6) is 1.44. The normalized spacial score (nSPS) is 25.4. The van der Waals surface area contributed by atoms with Gasteiger partial charge in [0.1, 0.15) is 0 Å². The molecule has 0 aromatic heterocycles. The lowest BCUT2D eigenvalue weighted by Gasteiger charge is -2.37. The second-order valence-electron chi connectivity index (χ2n) is 7.33. The summed E-state index contributed by atoms with van der Waals surface area (Å²) in [6, 6.07) is 8.15. The first kappa shape index (κ1) is 15.5. The van der Waals surface area contributed by atoms with Crippen LogP contribution in [0.15, 0.2) is 24.3 Å². The minimum atomic E-state index is -0.244. The highest BCUT2D eigenvalue weighted by molar-refractivity contribution is 5.33. The molecule has 3 N–H and O–H groups in total. The van der Waals surface area contributed by atoms with Crippen LogP contribution in [0.1, 0.15) is 69.5 Å². The van der Waals surface area contributed by atoms with Gasteiger partial charge in [0.25, 0.3) is 0 Å². The first-order chi connectivity index (χ1) is 9.43. The van der Waals surface area contributed by atoms with Gasteiger partial charge in [0.15, 0.2) is 0 Å². The first-order valence-electron chi connectivity index (χ1n) is 7.88. The van der Waals surface area contributed by atoms with E-state index in [1.165, 1.54) is 31.2 Å². The first-order valence-corrected chi connectivity index (χ1v) is 7.88. The van der Waals surface area contributed by atoms with Gasteiger partial charge in [-0.3, -0.25) is 0 Å². The largest absolute Gasteiger partial charge is 0.394 e. The van der Waals surface area contributed by atoms with E-state index in [9.17, 15) is 5.11 Å². The Bertz CT molecular complexity index is 427. The SMILES string of the molecule is CC(C)(C)C1CCC(c2ccccc2C(N)CO)CC1. The molecule has 1 aromatic carbocycles. The van der Waals surface area contributed by atoms with Gasteiger partial charge in [0.05, 0.1) is 12.6 Å². The molecule has 2 nitrogen and oxygen atoms in total. The van der Waals surface area contributed by atoms with Gasteiger partial charge in [-0.1, -0.05) is 45.0 Å². The van der Waals surface area contributed by atoms with E-state index in [1.54, 1.807) is 0 Å². The van der Waals surface area contributed by atoms with Crippen molar-refractivity contribution in [3.8, 4) is 0 Å². The van der Waals surface area contributed by atoms with Crippen molar-refractivity contribution in [2.75, 3.05) is 6.61 Å². The minimum absolute atomic E-state index is 0.0222. The number of rotatable bonds is 3. The molecule has 20 heavy (non-hydrogen) atoms. The standard InChI is InChI=1S/C18H29NO/c1-18(2,3)14-10-8-13(9-11-14)15-6-4-5-7-16(15)17(19)12-20/h4-7,13-14,17,20H,8-12,19H2,1-3H3. The molecular weight excluding hydrogens is 246 g/mol. The summed E-state index contributed by atoms with van der Waals surface area (Å²) >= 11 is 0. The Hall–Kier alpha value is -0.860. The molecule has 0 saturated heterocycles. The van der Waals surface area contributed by atoms with Gasteiger partial charge in [0, 0.05) is 0 Å². The van der Waals surface area contributed by atoms with Gasteiger partial charge in [0.2, 0.25) is 0 Å². The van der Waals surface area contributed by atoms with Crippen molar-refractivity contribution < 1.29 is 5.11 Å². The van der Waals surface area contributed by atoms with E-state index in [-0.39, 0.29) is 12.6 Å². The van der Waals surface area contributed by atoms with Gasteiger partial charge in [-0.25, -0.2) is 0 Å². The molecule has 112 valence electrons. The monoisotopic (exact) mass is 275 g/mol. The summed E-state index contributed by atoms with van der Waals surface area (Å²) in [7, 11) is 0. The molecular formula is C18H29NO. The lowest BCUT2D eigenvalue weighted by atomic mass is 9.68. The van der Waals surface area contributed by atoms with Crippen molar-refractivity contribution >= 4 is 0 Å². The molecule has 2 heteroatoms. The lowest BCUT2D eigenvalue weighted by Crippen LogP contribution is -2.26. The topological polar surface area (TPSA) is 46.2 Å². The van der Waals surface area contributed by atoms with Crippen LogP contribution in [0.4, 0.5) is 0 Å². The van der Waals surface area contributed by atoms with Gasteiger partial charge >= 0.3 is 0 Å². The Balaban J connectivity index is 2.11. The van der Waals surface area contributed by atoms with Crippen molar-refractivity contribution in [3.63, 3.8) is 0 Å². The molecule has 0 heterocycles. The van der Waals surface area contributed by atoms with Gasteiger partial charge in [-0.05, 0) is 54.1 Å². The fraction of sp³-hybridized carbons (Fsp3) is 0.667. The number of aliphatic hydroxyl groups is 1. The number of aliphatic hydroxyl groups excluding tert-OH is 1. The maximum absolute atomic E-state index is 9.33. The summed E-state index contributed by atoms with van der Waals surface area (Å²) in [6.07, 6.45) is 5.10. The van der Waals surface area contributed by atoms with E-state index in [1.807, 2.05) is 6.07 Å². The zero-order valence-corrected chi connectivity index (χ0v) is 13.1. The second kappa shape index (κ2) is 6.28. The van der Waals surface area contributed by atoms with Crippen molar-refractivity contribution in [1.29, 1.82) is 0 Å². The maximum atomic E-state index is 9.33. The molecule has 0 spiro atoms. The van der Waals surface area contributed by atoms with E-state index in [0.717, 1.165) is 11.5 Å². The zero-order valence-electron chi connectivity index (χ0n) is 13.1. The average molecular weight is 275 g/mol. The molecule has 1 aromatic rings. The van der Waals surface area contributed by atoms with Crippen LogP contribution < -0.4 is 5.73 Å². The second-order valence-corrected chi connectivity index (χ2v) is 7.33. The molecule has 1 fully saturated rings. The summed E-state index contributed by atoms with van der Waals surface area (Å²) < 4.78 is 0. The fourth-order valence-electron chi connectivity index (χ4n) is 3.59. The van der Waals surface area contributed by atoms with E-state index in [2.05, 4.69) is 39.0 Å². The van der Waals surface area contributed by atoms with Crippen LogP contribution in [-0.4, -0.2) is 11.7 Å². The predicted molar refractivity (Wildman–Crippen MR) is 84.6 cm³/mol. The Morgan fingerprint density at radius 1 is 1.15 bits per heavy atom. The summed E-state index contributed by atoms with van der Waals surface area (Å²) in [5.41, 5.74) is 8.97. The van der Waals surface area contributed by atoms with Crippen molar-refractivity contribution in [1.82, 2.24) is 0 Å². The Morgan fingerprint density at radius 2 is 1.75 bits per heavy atom. The Morgan fingerprint density at radius 3 is 2.30 bits per heavy atom.